The first kappa shape index (κ1) is 21.2. The summed E-state index contributed by atoms with van der Waals surface area (Å²) < 4.78 is 16.5. The van der Waals surface area contributed by atoms with Crippen molar-refractivity contribution >= 4 is 5.97 Å². The SMILES string of the molecule is C=CCOc1ccc(-c2cc(CCC(=O)OC)ccc2OCc2ccccc2)cc1. The van der Waals surface area contributed by atoms with Gasteiger partial charge in [0.15, 0.2) is 0 Å². The number of aryl methyl sites for hydroxylation is 1. The van der Waals surface area contributed by atoms with Gasteiger partial charge in [0.2, 0.25) is 0 Å². The van der Waals surface area contributed by atoms with Gasteiger partial charge in [0.05, 0.1) is 7.11 Å². The van der Waals surface area contributed by atoms with Gasteiger partial charge in [-0.3, -0.25) is 4.79 Å². The number of benzene rings is 3. The van der Waals surface area contributed by atoms with Crippen LogP contribution in [0, 0.1) is 0 Å². The van der Waals surface area contributed by atoms with Crippen LogP contribution in [0.15, 0.2) is 85.5 Å². The molecule has 0 spiro atoms. The predicted octanol–water partition coefficient (Wildman–Crippen LogP) is 5.60. The Morgan fingerprint density at radius 3 is 2.40 bits per heavy atom. The summed E-state index contributed by atoms with van der Waals surface area (Å²) in [6, 6.07) is 24.0. The third kappa shape index (κ3) is 5.98. The standard InChI is InChI=1S/C26H26O4/c1-3-17-29-23-13-11-22(12-14-23)24-18-20(10-16-26(27)28-2)9-15-25(24)30-19-21-7-5-4-6-8-21/h3-9,11-15,18H,1,10,16-17,19H2,2H3. The Balaban J connectivity index is 1.85. The van der Waals surface area contributed by atoms with Crippen LogP contribution in [0.5, 0.6) is 11.5 Å². The van der Waals surface area contributed by atoms with E-state index in [1.165, 1.54) is 7.11 Å². The molecule has 3 aromatic carbocycles. The average molecular weight is 402 g/mol. The summed E-state index contributed by atoms with van der Waals surface area (Å²) >= 11 is 0. The molecule has 0 aliphatic carbocycles. The lowest BCUT2D eigenvalue weighted by Crippen LogP contribution is -2.02. The highest BCUT2D eigenvalue weighted by atomic mass is 16.5. The summed E-state index contributed by atoms with van der Waals surface area (Å²) in [5.74, 6) is 1.36. The molecule has 0 aromatic heterocycles. The number of hydrogen-bond acceptors (Lipinski definition) is 4. The van der Waals surface area contributed by atoms with Crippen LogP contribution < -0.4 is 9.47 Å². The van der Waals surface area contributed by atoms with E-state index >= 15 is 0 Å². The molecule has 0 aliphatic heterocycles. The van der Waals surface area contributed by atoms with Crippen molar-refractivity contribution in [2.24, 2.45) is 0 Å². The van der Waals surface area contributed by atoms with Crippen LogP contribution in [0.1, 0.15) is 17.5 Å². The van der Waals surface area contributed by atoms with Gasteiger partial charge >= 0.3 is 5.97 Å². The van der Waals surface area contributed by atoms with Crippen LogP contribution in [0.2, 0.25) is 0 Å². The number of ether oxygens (including phenoxy) is 3. The molecule has 0 atom stereocenters. The molecule has 0 bridgehead atoms. The van der Waals surface area contributed by atoms with Crippen molar-refractivity contribution < 1.29 is 19.0 Å². The Bertz CT molecular complexity index is 962. The van der Waals surface area contributed by atoms with Gasteiger partial charge in [-0.05, 0) is 47.4 Å². The van der Waals surface area contributed by atoms with Gasteiger partial charge in [0, 0.05) is 12.0 Å². The molecule has 0 amide bonds. The van der Waals surface area contributed by atoms with Crippen molar-refractivity contribution in [1.29, 1.82) is 0 Å². The Kier molecular flexibility index (Phi) is 7.67. The van der Waals surface area contributed by atoms with E-state index in [-0.39, 0.29) is 5.97 Å². The molecule has 30 heavy (non-hydrogen) atoms. The second-order valence-corrected chi connectivity index (χ2v) is 6.80. The van der Waals surface area contributed by atoms with E-state index in [0.29, 0.717) is 26.1 Å². The lowest BCUT2D eigenvalue weighted by molar-refractivity contribution is -0.140. The summed E-state index contributed by atoms with van der Waals surface area (Å²) in [6.45, 7) is 4.62. The van der Waals surface area contributed by atoms with Crippen molar-refractivity contribution in [3.63, 3.8) is 0 Å². The number of esters is 1. The molecule has 0 saturated carbocycles. The monoisotopic (exact) mass is 402 g/mol. The zero-order chi connectivity index (χ0) is 21.2. The van der Waals surface area contributed by atoms with Gasteiger partial charge in [0.1, 0.15) is 24.7 Å². The first-order valence-corrected chi connectivity index (χ1v) is 9.90. The minimum atomic E-state index is -0.218. The third-order valence-electron chi connectivity index (χ3n) is 4.66. The summed E-state index contributed by atoms with van der Waals surface area (Å²) in [6.07, 6.45) is 2.67. The summed E-state index contributed by atoms with van der Waals surface area (Å²) in [7, 11) is 1.41. The van der Waals surface area contributed by atoms with E-state index in [1.54, 1.807) is 6.08 Å². The van der Waals surface area contributed by atoms with Crippen LogP contribution in [-0.4, -0.2) is 19.7 Å². The maximum atomic E-state index is 11.5. The molecule has 0 heterocycles. The topological polar surface area (TPSA) is 44.8 Å². The van der Waals surface area contributed by atoms with E-state index in [1.807, 2.05) is 66.7 Å². The minimum absolute atomic E-state index is 0.218. The Hall–Kier alpha value is -3.53. The van der Waals surface area contributed by atoms with Gasteiger partial charge in [-0.1, -0.05) is 61.2 Å². The van der Waals surface area contributed by atoms with E-state index < -0.39 is 0 Å². The van der Waals surface area contributed by atoms with Crippen LogP contribution >= 0.6 is 0 Å². The van der Waals surface area contributed by atoms with Crippen LogP contribution in [0.25, 0.3) is 11.1 Å². The molecular weight excluding hydrogens is 376 g/mol. The molecule has 154 valence electrons. The van der Waals surface area contributed by atoms with Crippen LogP contribution in [0.4, 0.5) is 0 Å². The minimum Gasteiger partial charge on any atom is -0.490 e. The highest BCUT2D eigenvalue weighted by Crippen LogP contribution is 2.33. The van der Waals surface area contributed by atoms with E-state index in [2.05, 4.69) is 12.6 Å². The van der Waals surface area contributed by atoms with Gasteiger partial charge in [-0.15, -0.1) is 0 Å². The maximum absolute atomic E-state index is 11.5. The fourth-order valence-corrected chi connectivity index (χ4v) is 3.05. The van der Waals surface area contributed by atoms with Crippen molar-refractivity contribution in [2.75, 3.05) is 13.7 Å². The summed E-state index contributed by atoms with van der Waals surface area (Å²) in [5.41, 5.74) is 4.15. The zero-order valence-electron chi connectivity index (χ0n) is 17.2. The van der Waals surface area contributed by atoms with Crippen molar-refractivity contribution in [3.05, 3.63) is 96.6 Å². The van der Waals surface area contributed by atoms with Gasteiger partial charge in [-0.2, -0.15) is 0 Å². The quantitative estimate of drug-likeness (QED) is 0.327. The smallest absolute Gasteiger partial charge is 0.305 e. The van der Waals surface area contributed by atoms with Gasteiger partial charge in [0.25, 0.3) is 0 Å². The lowest BCUT2D eigenvalue weighted by atomic mass is 9.99. The number of hydrogen-bond donors (Lipinski definition) is 0. The molecule has 0 radical (unpaired) electrons. The van der Waals surface area contributed by atoms with E-state index in [9.17, 15) is 4.79 Å². The molecule has 0 aliphatic rings. The molecular formula is C26H26O4. The second-order valence-electron chi connectivity index (χ2n) is 6.80. The Morgan fingerprint density at radius 2 is 1.70 bits per heavy atom. The van der Waals surface area contributed by atoms with Crippen molar-refractivity contribution in [2.45, 2.75) is 19.4 Å². The molecule has 3 rings (SSSR count). The molecule has 3 aromatic rings. The first-order valence-electron chi connectivity index (χ1n) is 9.90. The fraction of sp³-hybridized carbons (Fsp3) is 0.192. The van der Waals surface area contributed by atoms with Crippen LogP contribution in [-0.2, 0) is 22.6 Å². The first-order chi connectivity index (χ1) is 14.7. The Morgan fingerprint density at radius 1 is 0.933 bits per heavy atom. The highest BCUT2D eigenvalue weighted by Gasteiger charge is 2.10. The zero-order valence-corrected chi connectivity index (χ0v) is 17.2. The largest absolute Gasteiger partial charge is 0.490 e. The molecule has 4 heteroatoms. The molecule has 0 unspecified atom stereocenters. The normalized spacial score (nSPS) is 10.3. The predicted molar refractivity (Wildman–Crippen MR) is 119 cm³/mol. The highest BCUT2D eigenvalue weighted by molar-refractivity contribution is 5.73. The molecule has 4 nitrogen and oxygen atoms in total. The van der Waals surface area contributed by atoms with E-state index in [0.717, 1.165) is 33.8 Å². The van der Waals surface area contributed by atoms with Gasteiger partial charge in [-0.25, -0.2) is 0 Å². The maximum Gasteiger partial charge on any atom is 0.305 e. The summed E-state index contributed by atoms with van der Waals surface area (Å²) in [5, 5.41) is 0. The van der Waals surface area contributed by atoms with E-state index in [4.69, 9.17) is 14.2 Å². The molecule has 0 N–H and O–H groups in total. The summed E-state index contributed by atoms with van der Waals surface area (Å²) in [4.78, 5) is 11.5. The van der Waals surface area contributed by atoms with Crippen molar-refractivity contribution in [1.82, 2.24) is 0 Å². The van der Waals surface area contributed by atoms with Crippen LogP contribution in [0.3, 0.4) is 0 Å². The van der Waals surface area contributed by atoms with Crippen molar-refractivity contribution in [3.8, 4) is 22.6 Å². The average Bonchev–Trinajstić information content (AvgIpc) is 2.81. The number of carbonyl (C=O) groups excluding carboxylic acids is 1. The molecule has 0 fully saturated rings. The second kappa shape index (κ2) is 10.9. The number of rotatable bonds is 10. The Labute approximate surface area is 177 Å². The lowest BCUT2D eigenvalue weighted by Gasteiger charge is -2.14. The third-order valence-corrected chi connectivity index (χ3v) is 4.66. The molecule has 0 saturated heterocycles. The number of carbonyl (C=O) groups is 1. The van der Waals surface area contributed by atoms with Gasteiger partial charge < -0.3 is 14.2 Å². The fourth-order valence-electron chi connectivity index (χ4n) is 3.05. The number of methoxy groups -OCH3 is 1.